The van der Waals surface area contributed by atoms with Crippen LogP contribution in [-0.4, -0.2) is 42.0 Å². The number of imide groups is 1. The zero-order valence-electron chi connectivity index (χ0n) is 14.3. The van der Waals surface area contributed by atoms with Gasteiger partial charge in [-0.05, 0) is 19.8 Å². The van der Waals surface area contributed by atoms with E-state index in [1.165, 1.54) is 11.8 Å². The van der Waals surface area contributed by atoms with E-state index < -0.39 is 24.5 Å². The van der Waals surface area contributed by atoms with Crippen LogP contribution in [0.15, 0.2) is 4.52 Å². The normalized spacial score (nSPS) is 10.5. The van der Waals surface area contributed by atoms with Gasteiger partial charge in [0, 0.05) is 17.9 Å². The zero-order valence-corrected chi connectivity index (χ0v) is 15.1. The second-order valence-electron chi connectivity index (χ2n) is 5.61. The first-order valence-corrected chi connectivity index (χ1v) is 8.67. The first-order chi connectivity index (χ1) is 11.3. The number of amides is 3. The molecule has 1 aromatic heterocycles. The van der Waals surface area contributed by atoms with E-state index in [0.717, 1.165) is 17.0 Å². The van der Waals surface area contributed by atoms with Crippen molar-refractivity contribution >= 4 is 29.7 Å². The molecule has 2 N–H and O–H groups in total. The lowest BCUT2D eigenvalue weighted by Crippen LogP contribution is -2.42. The third-order valence-corrected chi connectivity index (χ3v) is 3.87. The number of urea groups is 1. The molecule has 134 valence electrons. The van der Waals surface area contributed by atoms with Crippen LogP contribution in [0.5, 0.6) is 0 Å². The average molecular weight is 357 g/mol. The number of nitrogens with zero attached hydrogens (tertiary/aromatic N) is 1. The van der Waals surface area contributed by atoms with Crippen LogP contribution in [-0.2, 0) is 20.1 Å². The summed E-state index contributed by atoms with van der Waals surface area (Å²) in [7, 11) is 0. The van der Waals surface area contributed by atoms with Gasteiger partial charge in [0.15, 0.2) is 6.61 Å². The number of rotatable bonds is 8. The SMILES string of the molecule is Cc1noc(C)c1CSCC(=O)OCC(=O)NC(=O)NCC(C)C. The topological polar surface area (TPSA) is 111 Å². The van der Waals surface area contributed by atoms with Gasteiger partial charge in [-0.25, -0.2) is 4.79 Å². The standard InChI is InChI=1S/C15H23N3O5S/c1-9(2)5-16-15(21)17-13(19)6-22-14(20)8-24-7-12-10(3)18-23-11(12)4/h9H,5-8H2,1-4H3,(H2,16,17,19,21). The second kappa shape index (κ2) is 9.96. The molecule has 1 aromatic rings. The van der Waals surface area contributed by atoms with Gasteiger partial charge >= 0.3 is 12.0 Å². The molecule has 0 bridgehead atoms. The molecule has 1 heterocycles. The third kappa shape index (κ3) is 7.49. The maximum Gasteiger partial charge on any atom is 0.321 e. The minimum Gasteiger partial charge on any atom is -0.455 e. The van der Waals surface area contributed by atoms with Gasteiger partial charge in [0.05, 0.1) is 11.4 Å². The summed E-state index contributed by atoms with van der Waals surface area (Å²) in [6.45, 7) is 7.48. The Kier molecular flexibility index (Phi) is 8.31. The van der Waals surface area contributed by atoms with Crippen molar-refractivity contribution in [3.8, 4) is 0 Å². The Morgan fingerprint density at radius 3 is 2.58 bits per heavy atom. The molecule has 0 atom stereocenters. The minimum atomic E-state index is -0.666. The lowest BCUT2D eigenvalue weighted by Gasteiger charge is -2.09. The van der Waals surface area contributed by atoms with Gasteiger partial charge in [-0.15, -0.1) is 11.8 Å². The fraction of sp³-hybridized carbons (Fsp3) is 0.600. The Labute approximate surface area is 145 Å². The number of hydrogen-bond donors (Lipinski definition) is 2. The van der Waals surface area contributed by atoms with Crippen molar-refractivity contribution < 1.29 is 23.6 Å². The van der Waals surface area contributed by atoms with Crippen LogP contribution in [0.2, 0.25) is 0 Å². The van der Waals surface area contributed by atoms with E-state index in [-0.39, 0.29) is 11.7 Å². The summed E-state index contributed by atoms with van der Waals surface area (Å²) in [5, 5.41) is 8.45. The molecule has 0 aliphatic heterocycles. The molecule has 0 saturated heterocycles. The second-order valence-corrected chi connectivity index (χ2v) is 6.59. The van der Waals surface area contributed by atoms with Gasteiger partial charge < -0.3 is 14.6 Å². The van der Waals surface area contributed by atoms with Crippen LogP contribution in [0.1, 0.15) is 30.9 Å². The molecule has 0 aliphatic carbocycles. The highest BCUT2D eigenvalue weighted by atomic mass is 32.2. The van der Waals surface area contributed by atoms with Crippen molar-refractivity contribution in [3.05, 3.63) is 17.0 Å². The summed E-state index contributed by atoms with van der Waals surface area (Å²) in [6.07, 6.45) is 0. The Morgan fingerprint density at radius 2 is 2.00 bits per heavy atom. The number of aryl methyl sites for hydroxylation is 2. The minimum absolute atomic E-state index is 0.0941. The van der Waals surface area contributed by atoms with Crippen molar-refractivity contribution in [1.82, 2.24) is 15.8 Å². The van der Waals surface area contributed by atoms with Crippen molar-refractivity contribution in [1.29, 1.82) is 0 Å². The Balaban J connectivity index is 2.19. The molecule has 1 rings (SSSR count). The highest BCUT2D eigenvalue weighted by Crippen LogP contribution is 2.19. The number of thioether (sulfide) groups is 1. The van der Waals surface area contributed by atoms with E-state index in [9.17, 15) is 14.4 Å². The van der Waals surface area contributed by atoms with Crippen LogP contribution in [0, 0.1) is 19.8 Å². The van der Waals surface area contributed by atoms with Gasteiger partial charge in [0.2, 0.25) is 0 Å². The summed E-state index contributed by atoms with van der Waals surface area (Å²) >= 11 is 1.34. The van der Waals surface area contributed by atoms with E-state index in [2.05, 4.69) is 15.8 Å². The van der Waals surface area contributed by atoms with Crippen LogP contribution < -0.4 is 10.6 Å². The summed E-state index contributed by atoms with van der Waals surface area (Å²) in [5.41, 5.74) is 1.74. The molecule has 0 fully saturated rings. The van der Waals surface area contributed by atoms with E-state index in [1.807, 2.05) is 27.7 Å². The lowest BCUT2D eigenvalue weighted by molar-refractivity contribution is -0.145. The number of aromatic nitrogens is 1. The van der Waals surface area contributed by atoms with E-state index in [1.54, 1.807) is 0 Å². The maximum atomic E-state index is 11.6. The fourth-order valence-corrected chi connectivity index (χ4v) is 2.60. The summed E-state index contributed by atoms with van der Waals surface area (Å²) in [4.78, 5) is 34.4. The molecule has 0 radical (unpaired) electrons. The largest absolute Gasteiger partial charge is 0.455 e. The lowest BCUT2D eigenvalue weighted by atomic mass is 10.2. The molecule has 0 saturated carbocycles. The van der Waals surface area contributed by atoms with Gasteiger partial charge in [0.1, 0.15) is 5.76 Å². The number of esters is 1. The Bertz CT molecular complexity index is 566. The molecular weight excluding hydrogens is 334 g/mol. The smallest absolute Gasteiger partial charge is 0.321 e. The summed E-state index contributed by atoms with van der Waals surface area (Å²) in [6, 6.07) is -0.600. The predicted molar refractivity (Wildman–Crippen MR) is 89.5 cm³/mol. The van der Waals surface area contributed by atoms with Gasteiger partial charge in [-0.2, -0.15) is 0 Å². The third-order valence-electron chi connectivity index (χ3n) is 2.94. The predicted octanol–water partition coefficient (Wildman–Crippen LogP) is 1.55. The molecule has 0 spiro atoms. The Morgan fingerprint density at radius 1 is 1.29 bits per heavy atom. The van der Waals surface area contributed by atoms with Gasteiger partial charge in [-0.1, -0.05) is 19.0 Å². The van der Waals surface area contributed by atoms with Crippen molar-refractivity contribution in [3.63, 3.8) is 0 Å². The van der Waals surface area contributed by atoms with Crippen molar-refractivity contribution in [2.45, 2.75) is 33.4 Å². The molecular formula is C15H23N3O5S. The number of carbonyl (C=O) groups excluding carboxylic acids is 3. The van der Waals surface area contributed by atoms with Crippen LogP contribution >= 0.6 is 11.8 Å². The number of nitrogens with one attached hydrogen (secondary N) is 2. The Hall–Kier alpha value is -2.03. The van der Waals surface area contributed by atoms with Crippen molar-refractivity contribution in [2.24, 2.45) is 5.92 Å². The summed E-state index contributed by atoms with van der Waals surface area (Å²) in [5.74, 6) is 0.472. The maximum absolute atomic E-state index is 11.6. The highest BCUT2D eigenvalue weighted by Gasteiger charge is 2.13. The molecule has 0 aliphatic rings. The summed E-state index contributed by atoms with van der Waals surface area (Å²) < 4.78 is 9.85. The average Bonchev–Trinajstić information content (AvgIpc) is 2.82. The number of ether oxygens (including phenoxy) is 1. The van der Waals surface area contributed by atoms with E-state index >= 15 is 0 Å². The van der Waals surface area contributed by atoms with Crippen molar-refractivity contribution in [2.75, 3.05) is 18.9 Å². The molecule has 24 heavy (non-hydrogen) atoms. The monoisotopic (exact) mass is 357 g/mol. The molecule has 3 amide bonds. The van der Waals surface area contributed by atoms with Crippen LogP contribution in [0.3, 0.4) is 0 Å². The molecule has 0 aromatic carbocycles. The highest BCUT2D eigenvalue weighted by molar-refractivity contribution is 7.99. The van der Waals surface area contributed by atoms with Crippen LogP contribution in [0.4, 0.5) is 4.79 Å². The first-order valence-electron chi connectivity index (χ1n) is 7.52. The van der Waals surface area contributed by atoms with Gasteiger partial charge in [-0.3, -0.25) is 14.9 Å². The fourth-order valence-electron chi connectivity index (χ4n) is 1.64. The first kappa shape index (κ1) is 20.0. The number of carbonyl (C=O) groups is 3. The zero-order chi connectivity index (χ0) is 18.1. The van der Waals surface area contributed by atoms with E-state index in [4.69, 9.17) is 9.26 Å². The number of hydrogen-bond acceptors (Lipinski definition) is 7. The molecule has 0 unspecified atom stereocenters. The van der Waals surface area contributed by atoms with Gasteiger partial charge in [0.25, 0.3) is 5.91 Å². The van der Waals surface area contributed by atoms with Crippen LogP contribution in [0.25, 0.3) is 0 Å². The molecule has 8 nitrogen and oxygen atoms in total. The quantitative estimate of drug-likeness (QED) is 0.679. The molecule has 9 heteroatoms. The van der Waals surface area contributed by atoms with E-state index in [0.29, 0.717) is 12.3 Å².